The summed E-state index contributed by atoms with van der Waals surface area (Å²) in [6.07, 6.45) is 2.89. The highest BCUT2D eigenvalue weighted by molar-refractivity contribution is 7.71. The van der Waals surface area contributed by atoms with Crippen molar-refractivity contribution >= 4 is 18.1 Å². The van der Waals surface area contributed by atoms with Gasteiger partial charge in [0.2, 0.25) is 5.91 Å². The van der Waals surface area contributed by atoms with Crippen molar-refractivity contribution in [2.75, 3.05) is 6.54 Å². The van der Waals surface area contributed by atoms with Crippen molar-refractivity contribution in [1.82, 2.24) is 20.1 Å². The topological polar surface area (TPSA) is 62.7 Å². The highest BCUT2D eigenvalue weighted by Crippen LogP contribution is 2.59. The molecule has 0 spiro atoms. The van der Waals surface area contributed by atoms with Crippen molar-refractivity contribution in [2.45, 2.75) is 54.0 Å². The molecule has 1 saturated carbocycles. The quantitative estimate of drug-likeness (QED) is 0.618. The van der Waals surface area contributed by atoms with Crippen LogP contribution < -0.4 is 5.32 Å². The maximum Gasteiger partial charge on any atom is 0.224 e. The van der Waals surface area contributed by atoms with E-state index in [1.807, 2.05) is 4.57 Å². The summed E-state index contributed by atoms with van der Waals surface area (Å²) in [5.41, 5.74) is 1.32. The average Bonchev–Trinajstić information content (AvgIpc) is 2.76. The first-order valence-electron chi connectivity index (χ1n) is 8.24. The van der Waals surface area contributed by atoms with E-state index in [0.29, 0.717) is 23.7 Å². The van der Waals surface area contributed by atoms with Crippen LogP contribution in [0.15, 0.2) is 11.6 Å². The molecular weight excluding hydrogens is 308 g/mol. The largest absolute Gasteiger partial charge is 0.355 e. The van der Waals surface area contributed by atoms with Gasteiger partial charge in [-0.25, -0.2) is 0 Å². The molecule has 23 heavy (non-hydrogen) atoms. The van der Waals surface area contributed by atoms with Crippen LogP contribution in [0.1, 0.15) is 53.4 Å². The molecule has 1 amide bonds. The van der Waals surface area contributed by atoms with Crippen molar-refractivity contribution in [3.63, 3.8) is 0 Å². The Morgan fingerprint density at radius 1 is 1.48 bits per heavy atom. The smallest absolute Gasteiger partial charge is 0.224 e. The second-order valence-electron chi connectivity index (χ2n) is 7.52. The first kappa shape index (κ1) is 17.9. The maximum absolute atomic E-state index is 12.4. The van der Waals surface area contributed by atoms with Gasteiger partial charge in [-0.1, -0.05) is 25.5 Å². The lowest BCUT2D eigenvalue weighted by Gasteiger charge is -2.11. The molecule has 5 nitrogen and oxygen atoms in total. The van der Waals surface area contributed by atoms with E-state index >= 15 is 0 Å². The number of hydrogen-bond donors (Lipinski definition) is 2. The lowest BCUT2D eigenvalue weighted by Crippen LogP contribution is -2.29. The molecule has 1 aromatic heterocycles. The van der Waals surface area contributed by atoms with E-state index < -0.39 is 0 Å². The van der Waals surface area contributed by atoms with Gasteiger partial charge in [0.1, 0.15) is 5.82 Å². The Morgan fingerprint density at radius 2 is 2.13 bits per heavy atom. The van der Waals surface area contributed by atoms with Crippen molar-refractivity contribution < 1.29 is 4.79 Å². The van der Waals surface area contributed by atoms with Gasteiger partial charge in [-0.05, 0) is 51.2 Å². The minimum Gasteiger partial charge on any atom is -0.355 e. The molecule has 0 aromatic carbocycles. The molecule has 1 heterocycles. The fraction of sp³-hybridized carbons (Fsp3) is 0.706. The molecule has 128 valence electrons. The number of nitrogens with one attached hydrogen (secondary N) is 2. The Hall–Kier alpha value is -1.43. The summed E-state index contributed by atoms with van der Waals surface area (Å²) in [5.74, 6) is 1.45. The first-order valence-corrected chi connectivity index (χ1v) is 8.65. The van der Waals surface area contributed by atoms with E-state index in [4.69, 9.17) is 12.2 Å². The van der Waals surface area contributed by atoms with Crippen LogP contribution in [-0.2, 0) is 11.2 Å². The normalized spacial score (nSPS) is 22.0. The van der Waals surface area contributed by atoms with Crippen LogP contribution in [0.2, 0.25) is 0 Å². The standard InChI is InChI=1S/C17H28N4OS/c1-10(2)9-12-14(17(12,5)6)15(22)18-8-7-13-19-20-16(23)21(13)11(3)4/h9,11-12,14H,7-8H2,1-6H3,(H,18,22)(H,20,23). The molecule has 1 aliphatic rings. The molecule has 0 saturated heterocycles. The number of H-pyrrole nitrogens is 1. The molecule has 2 unspecified atom stereocenters. The Kier molecular flexibility index (Phi) is 5.14. The molecule has 1 aromatic rings. The molecule has 6 heteroatoms. The van der Waals surface area contributed by atoms with Gasteiger partial charge in [-0.2, -0.15) is 5.10 Å². The molecular formula is C17H28N4OS. The van der Waals surface area contributed by atoms with Gasteiger partial charge in [0, 0.05) is 19.0 Å². The van der Waals surface area contributed by atoms with Gasteiger partial charge >= 0.3 is 0 Å². The van der Waals surface area contributed by atoms with Gasteiger partial charge in [-0.3, -0.25) is 9.89 Å². The van der Waals surface area contributed by atoms with Crippen molar-refractivity contribution in [1.29, 1.82) is 0 Å². The molecule has 1 fully saturated rings. The van der Waals surface area contributed by atoms with Crippen molar-refractivity contribution in [2.24, 2.45) is 17.3 Å². The molecule has 1 aliphatic carbocycles. The van der Waals surface area contributed by atoms with E-state index in [0.717, 1.165) is 5.82 Å². The monoisotopic (exact) mass is 336 g/mol. The van der Waals surface area contributed by atoms with Gasteiger partial charge in [-0.15, -0.1) is 0 Å². The van der Waals surface area contributed by atoms with Crippen LogP contribution in [0.25, 0.3) is 0 Å². The summed E-state index contributed by atoms with van der Waals surface area (Å²) in [5, 5.41) is 10.1. The number of hydrogen-bond acceptors (Lipinski definition) is 3. The predicted molar refractivity (Wildman–Crippen MR) is 94.7 cm³/mol. The zero-order valence-corrected chi connectivity index (χ0v) is 15.8. The summed E-state index contributed by atoms with van der Waals surface area (Å²) in [6, 6.07) is 0.261. The number of rotatable bonds is 6. The van der Waals surface area contributed by atoms with E-state index in [1.165, 1.54) is 5.57 Å². The lowest BCUT2D eigenvalue weighted by molar-refractivity contribution is -0.123. The zero-order valence-electron chi connectivity index (χ0n) is 14.9. The van der Waals surface area contributed by atoms with Crippen LogP contribution in [-0.4, -0.2) is 27.2 Å². The minimum absolute atomic E-state index is 0.0549. The lowest BCUT2D eigenvalue weighted by atomic mass is 10.1. The molecule has 2 atom stereocenters. The minimum atomic E-state index is 0.0549. The molecule has 2 N–H and O–H groups in total. The second-order valence-corrected chi connectivity index (χ2v) is 7.91. The van der Waals surface area contributed by atoms with Gasteiger partial charge in [0.05, 0.1) is 5.92 Å². The Labute approximate surface area is 143 Å². The van der Waals surface area contributed by atoms with Gasteiger partial charge in [0.15, 0.2) is 4.77 Å². The van der Waals surface area contributed by atoms with E-state index in [-0.39, 0.29) is 23.3 Å². The third-order valence-corrected chi connectivity index (χ3v) is 4.94. The summed E-state index contributed by atoms with van der Waals surface area (Å²) in [4.78, 5) is 12.4. The third-order valence-electron chi connectivity index (χ3n) is 4.65. The van der Waals surface area contributed by atoms with E-state index in [2.05, 4.69) is 63.1 Å². The number of amides is 1. The van der Waals surface area contributed by atoms with E-state index in [1.54, 1.807) is 0 Å². The van der Waals surface area contributed by atoms with E-state index in [9.17, 15) is 4.79 Å². The van der Waals surface area contributed by atoms with Crippen LogP contribution >= 0.6 is 12.2 Å². The number of carbonyl (C=O) groups is 1. The predicted octanol–water partition coefficient (Wildman–Crippen LogP) is 3.42. The number of aromatic amines is 1. The average molecular weight is 337 g/mol. The maximum atomic E-state index is 12.4. The van der Waals surface area contributed by atoms with Crippen LogP contribution in [0.3, 0.4) is 0 Å². The Balaban J connectivity index is 1.92. The van der Waals surface area contributed by atoms with Crippen molar-refractivity contribution in [3.8, 4) is 0 Å². The highest BCUT2D eigenvalue weighted by atomic mass is 32.1. The van der Waals surface area contributed by atoms with Gasteiger partial charge < -0.3 is 9.88 Å². The molecule has 0 bridgehead atoms. The summed E-state index contributed by atoms with van der Waals surface area (Å²) in [7, 11) is 0. The summed E-state index contributed by atoms with van der Waals surface area (Å²) < 4.78 is 2.63. The molecule has 0 radical (unpaired) electrons. The Bertz CT molecular complexity index is 664. The summed E-state index contributed by atoms with van der Waals surface area (Å²) in [6.45, 7) is 13.2. The van der Waals surface area contributed by atoms with Crippen LogP contribution in [0, 0.1) is 22.0 Å². The number of aromatic nitrogens is 3. The summed E-state index contributed by atoms with van der Waals surface area (Å²) >= 11 is 5.24. The number of allylic oxidation sites excluding steroid dienone is 2. The molecule has 0 aliphatic heterocycles. The first-order chi connectivity index (χ1) is 10.7. The third kappa shape index (κ3) is 3.74. The van der Waals surface area contributed by atoms with Gasteiger partial charge in [0.25, 0.3) is 0 Å². The highest BCUT2D eigenvalue weighted by Gasteiger charge is 2.60. The van der Waals surface area contributed by atoms with Crippen molar-refractivity contribution in [3.05, 3.63) is 22.2 Å². The van der Waals surface area contributed by atoms with Crippen LogP contribution in [0.4, 0.5) is 0 Å². The number of nitrogens with zero attached hydrogens (tertiary/aromatic N) is 2. The fourth-order valence-electron chi connectivity index (χ4n) is 3.30. The zero-order chi connectivity index (χ0) is 17.4. The van der Waals surface area contributed by atoms with Crippen LogP contribution in [0.5, 0.6) is 0 Å². The fourth-order valence-corrected chi connectivity index (χ4v) is 3.66. The molecule has 2 rings (SSSR count). The number of carbonyl (C=O) groups excluding carboxylic acids is 1. The Morgan fingerprint density at radius 3 is 2.70 bits per heavy atom. The SMILES string of the molecule is CC(C)=CC1C(C(=O)NCCc2n[nH]c(=S)n2C(C)C)C1(C)C. The second kappa shape index (κ2) is 6.59.